The first-order valence-electron chi connectivity index (χ1n) is 11.5. The highest BCUT2D eigenvalue weighted by Crippen LogP contribution is 2.30. The van der Waals surface area contributed by atoms with Crippen LogP contribution < -0.4 is 15.8 Å². The number of carbonyl (C=O) groups excluding carboxylic acids is 1. The van der Waals surface area contributed by atoms with Gasteiger partial charge >= 0.3 is 0 Å². The fraction of sp³-hybridized carbons (Fsp3) is 0.107. The van der Waals surface area contributed by atoms with Crippen molar-refractivity contribution in [3.8, 4) is 27.4 Å². The summed E-state index contributed by atoms with van der Waals surface area (Å²) in [6, 6.07) is 25.0. The maximum absolute atomic E-state index is 13.1. The van der Waals surface area contributed by atoms with Crippen LogP contribution in [-0.2, 0) is 13.0 Å². The SMILES string of the molecule is COc1ccccc1CCn1cc(-c2cccc(C(=O)Nc3cc(-c4cccs4)ccc3N)c2)nn1. The van der Waals surface area contributed by atoms with Crippen LogP contribution >= 0.6 is 11.3 Å². The number of hydrogen-bond donors (Lipinski definition) is 2. The van der Waals surface area contributed by atoms with Gasteiger partial charge in [-0.2, -0.15) is 0 Å². The maximum Gasteiger partial charge on any atom is 0.255 e. The predicted molar refractivity (Wildman–Crippen MR) is 144 cm³/mol. The van der Waals surface area contributed by atoms with Crippen molar-refractivity contribution >= 4 is 28.6 Å². The number of nitrogens with zero attached hydrogens (tertiary/aromatic N) is 3. The average molecular weight is 496 g/mol. The number of benzene rings is 3. The van der Waals surface area contributed by atoms with Crippen molar-refractivity contribution in [1.29, 1.82) is 0 Å². The second-order valence-electron chi connectivity index (χ2n) is 8.24. The number of aryl methyl sites for hydroxylation is 2. The van der Waals surface area contributed by atoms with Crippen LogP contribution in [-0.4, -0.2) is 28.0 Å². The van der Waals surface area contributed by atoms with Crippen LogP contribution in [0.25, 0.3) is 21.7 Å². The van der Waals surface area contributed by atoms with E-state index in [1.54, 1.807) is 29.2 Å². The molecule has 7 nitrogen and oxygen atoms in total. The van der Waals surface area contributed by atoms with E-state index in [9.17, 15) is 4.79 Å². The smallest absolute Gasteiger partial charge is 0.255 e. The number of methoxy groups -OCH3 is 1. The van der Waals surface area contributed by atoms with Crippen molar-refractivity contribution in [3.63, 3.8) is 0 Å². The number of rotatable bonds is 8. The highest BCUT2D eigenvalue weighted by molar-refractivity contribution is 7.13. The first-order valence-corrected chi connectivity index (χ1v) is 12.4. The first kappa shape index (κ1) is 23.3. The number of ether oxygens (including phenoxy) is 1. The zero-order chi connectivity index (χ0) is 24.9. The summed E-state index contributed by atoms with van der Waals surface area (Å²) in [5.74, 6) is 0.619. The number of nitrogens with one attached hydrogen (secondary N) is 1. The summed E-state index contributed by atoms with van der Waals surface area (Å²) in [6.07, 6.45) is 2.65. The third-order valence-electron chi connectivity index (χ3n) is 5.87. The minimum absolute atomic E-state index is 0.240. The molecule has 0 aliphatic heterocycles. The Hall–Kier alpha value is -4.43. The van der Waals surface area contributed by atoms with E-state index < -0.39 is 0 Å². The van der Waals surface area contributed by atoms with Gasteiger partial charge in [0.25, 0.3) is 5.91 Å². The maximum atomic E-state index is 13.1. The lowest BCUT2D eigenvalue weighted by atomic mass is 10.1. The minimum Gasteiger partial charge on any atom is -0.496 e. The van der Waals surface area contributed by atoms with E-state index >= 15 is 0 Å². The molecule has 0 bridgehead atoms. The Kier molecular flexibility index (Phi) is 6.77. The standard InChI is InChI=1S/C28H25N5O2S/c1-35-26-9-3-2-6-19(26)13-14-33-18-25(31-32-33)20-7-4-8-22(16-20)28(34)30-24-17-21(11-12-23(24)29)27-10-5-15-36-27/h2-12,15-18H,13-14,29H2,1H3,(H,30,34). The Morgan fingerprint density at radius 2 is 1.92 bits per heavy atom. The summed E-state index contributed by atoms with van der Waals surface area (Å²) < 4.78 is 7.23. The molecule has 180 valence electrons. The number of carbonyl (C=O) groups is 1. The van der Waals surface area contributed by atoms with Crippen LogP contribution in [0.2, 0.25) is 0 Å². The largest absolute Gasteiger partial charge is 0.496 e. The molecule has 0 unspecified atom stereocenters. The molecule has 36 heavy (non-hydrogen) atoms. The average Bonchev–Trinajstić information content (AvgIpc) is 3.62. The number of amides is 1. The number of nitrogens with two attached hydrogens (primary N) is 1. The molecule has 0 atom stereocenters. The highest BCUT2D eigenvalue weighted by atomic mass is 32.1. The molecule has 0 aliphatic carbocycles. The third-order valence-corrected chi connectivity index (χ3v) is 6.79. The number of thiophene rings is 1. The van der Waals surface area contributed by atoms with E-state index in [1.807, 2.05) is 84.4 Å². The predicted octanol–water partition coefficient (Wildman–Crippen LogP) is 5.76. The molecule has 0 radical (unpaired) electrons. The lowest BCUT2D eigenvalue weighted by Crippen LogP contribution is -2.13. The Morgan fingerprint density at radius 1 is 1.03 bits per heavy atom. The van der Waals surface area contributed by atoms with Crippen molar-refractivity contribution < 1.29 is 9.53 Å². The number of hydrogen-bond acceptors (Lipinski definition) is 6. The molecule has 5 rings (SSSR count). The van der Waals surface area contributed by atoms with Crippen LogP contribution in [0.3, 0.4) is 0 Å². The number of para-hydroxylation sites is 1. The van der Waals surface area contributed by atoms with Crippen LogP contribution in [0.15, 0.2) is 90.4 Å². The summed E-state index contributed by atoms with van der Waals surface area (Å²) >= 11 is 1.64. The van der Waals surface area contributed by atoms with E-state index in [0.717, 1.165) is 33.7 Å². The van der Waals surface area contributed by atoms with Gasteiger partial charge in [0.2, 0.25) is 0 Å². The van der Waals surface area contributed by atoms with Gasteiger partial charge < -0.3 is 15.8 Å². The van der Waals surface area contributed by atoms with Crippen LogP contribution in [0, 0.1) is 0 Å². The van der Waals surface area contributed by atoms with Gasteiger partial charge in [-0.15, -0.1) is 16.4 Å². The molecular weight excluding hydrogens is 470 g/mol. The summed E-state index contributed by atoms with van der Waals surface area (Å²) in [6.45, 7) is 0.660. The molecule has 2 heterocycles. The van der Waals surface area contributed by atoms with Gasteiger partial charge in [-0.05, 0) is 59.3 Å². The van der Waals surface area contributed by atoms with Gasteiger partial charge in [-0.1, -0.05) is 47.7 Å². The Labute approximate surface area is 213 Å². The minimum atomic E-state index is -0.240. The zero-order valence-electron chi connectivity index (χ0n) is 19.7. The van der Waals surface area contributed by atoms with E-state index in [2.05, 4.69) is 15.6 Å². The summed E-state index contributed by atoms with van der Waals surface area (Å²) in [7, 11) is 1.67. The normalized spacial score (nSPS) is 10.8. The highest BCUT2D eigenvalue weighted by Gasteiger charge is 2.13. The quantitative estimate of drug-likeness (QED) is 0.267. The van der Waals surface area contributed by atoms with Gasteiger partial charge in [0.1, 0.15) is 11.4 Å². The zero-order valence-corrected chi connectivity index (χ0v) is 20.5. The molecule has 0 fully saturated rings. The van der Waals surface area contributed by atoms with Gasteiger partial charge in [0, 0.05) is 22.5 Å². The van der Waals surface area contributed by atoms with Gasteiger partial charge in [0.15, 0.2) is 0 Å². The fourth-order valence-electron chi connectivity index (χ4n) is 3.96. The molecule has 0 saturated heterocycles. The molecule has 0 aliphatic rings. The molecule has 1 amide bonds. The topological polar surface area (TPSA) is 95.1 Å². The summed E-state index contributed by atoms with van der Waals surface area (Å²) in [5, 5.41) is 13.5. The van der Waals surface area contributed by atoms with E-state index in [0.29, 0.717) is 29.2 Å². The van der Waals surface area contributed by atoms with Crippen molar-refractivity contribution in [2.24, 2.45) is 0 Å². The summed E-state index contributed by atoms with van der Waals surface area (Å²) in [4.78, 5) is 14.2. The molecule has 5 aromatic rings. The Bertz CT molecular complexity index is 1490. The molecule has 0 saturated carbocycles. The van der Waals surface area contributed by atoms with Gasteiger partial charge in [-0.3, -0.25) is 9.48 Å². The molecule has 8 heteroatoms. The lowest BCUT2D eigenvalue weighted by molar-refractivity contribution is 0.102. The fourth-order valence-corrected chi connectivity index (χ4v) is 4.68. The van der Waals surface area contributed by atoms with Crippen molar-refractivity contribution in [1.82, 2.24) is 15.0 Å². The molecule has 0 spiro atoms. The monoisotopic (exact) mass is 495 g/mol. The van der Waals surface area contributed by atoms with E-state index in [4.69, 9.17) is 10.5 Å². The first-order chi connectivity index (χ1) is 17.6. The van der Waals surface area contributed by atoms with E-state index in [-0.39, 0.29) is 5.91 Å². The van der Waals surface area contributed by atoms with Crippen LogP contribution in [0.5, 0.6) is 5.75 Å². The van der Waals surface area contributed by atoms with Gasteiger partial charge in [-0.25, -0.2) is 0 Å². The van der Waals surface area contributed by atoms with Crippen LogP contribution in [0.1, 0.15) is 15.9 Å². The number of anilines is 2. The third kappa shape index (κ3) is 5.13. The van der Waals surface area contributed by atoms with E-state index in [1.165, 1.54) is 0 Å². The van der Waals surface area contributed by atoms with Crippen molar-refractivity contribution in [2.45, 2.75) is 13.0 Å². The van der Waals surface area contributed by atoms with Gasteiger partial charge in [0.05, 0.1) is 24.7 Å². The summed E-state index contributed by atoms with van der Waals surface area (Å²) in [5.41, 5.74) is 11.4. The van der Waals surface area contributed by atoms with Crippen LogP contribution in [0.4, 0.5) is 11.4 Å². The Morgan fingerprint density at radius 3 is 2.75 bits per heavy atom. The molecule has 2 aromatic heterocycles. The second kappa shape index (κ2) is 10.5. The molecule has 3 aromatic carbocycles. The number of aromatic nitrogens is 3. The van der Waals surface area contributed by atoms with Crippen molar-refractivity contribution in [2.75, 3.05) is 18.2 Å². The second-order valence-corrected chi connectivity index (χ2v) is 9.19. The van der Waals surface area contributed by atoms with Crippen molar-refractivity contribution in [3.05, 3.63) is 102 Å². The molecule has 3 N–H and O–H groups in total. The number of nitrogen functional groups attached to an aromatic ring is 1. The Balaban J connectivity index is 1.30. The lowest BCUT2D eigenvalue weighted by Gasteiger charge is -2.10. The molecular formula is C28H25N5O2S.